The number of ether oxygens (including phenoxy) is 2. The standard InChI is InChI=1S/C30H51NO2/c1-5-7-9-11-13-15-17-18-20-24-32-29-23-22-28(27-31(3)4)26-30(29)33-25-21-19-16-14-12-10-8-6-2/h5-7,22-23,26H,2,8-21,24-25,27H2,1,3-4H3/b7-5-. The van der Waals surface area contributed by atoms with Crippen LogP contribution in [0, 0.1) is 0 Å². The molecular formula is C30H51NO2. The highest BCUT2D eigenvalue weighted by Crippen LogP contribution is 2.29. The minimum atomic E-state index is 0.766. The molecule has 3 heteroatoms. The smallest absolute Gasteiger partial charge is 0.161 e. The van der Waals surface area contributed by atoms with Crippen molar-refractivity contribution in [1.82, 2.24) is 4.90 Å². The second kappa shape index (κ2) is 20.8. The molecule has 1 rings (SSSR count). The summed E-state index contributed by atoms with van der Waals surface area (Å²) in [5.74, 6) is 1.80. The summed E-state index contributed by atoms with van der Waals surface area (Å²) < 4.78 is 12.3. The Morgan fingerprint density at radius 2 is 1.27 bits per heavy atom. The molecule has 188 valence electrons. The third-order valence-corrected chi connectivity index (χ3v) is 5.83. The van der Waals surface area contributed by atoms with Gasteiger partial charge in [0.1, 0.15) is 0 Å². The molecule has 0 aliphatic heterocycles. The largest absolute Gasteiger partial charge is 0.490 e. The Morgan fingerprint density at radius 3 is 1.85 bits per heavy atom. The predicted octanol–water partition coefficient (Wildman–Crippen LogP) is 8.73. The summed E-state index contributed by atoms with van der Waals surface area (Å²) in [5, 5.41) is 0. The molecule has 0 aromatic heterocycles. The van der Waals surface area contributed by atoms with Crippen molar-refractivity contribution < 1.29 is 9.47 Å². The summed E-state index contributed by atoms with van der Waals surface area (Å²) in [5.41, 5.74) is 1.27. The summed E-state index contributed by atoms with van der Waals surface area (Å²) in [7, 11) is 4.20. The average molecular weight is 458 g/mol. The first-order valence-corrected chi connectivity index (χ1v) is 13.4. The Labute approximate surface area is 205 Å². The summed E-state index contributed by atoms with van der Waals surface area (Å²) >= 11 is 0. The van der Waals surface area contributed by atoms with E-state index in [1.54, 1.807) is 0 Å². The summed E-state index contributed by atoms with van der Waals surface area (Å²) in [6, 6.07) is 6.42. The minimum absolute atomic E-state index is 0.766. The van der Waals surface area contributed by atoms with Crippen LogP contribution in [0.1, 0.15) is 102 Å². The first kappa shape index (κ1) is 29.3. The number of nitrogens with zero attached hydrogens (tertiary/aromatic N) is 1. The van der Waals surface area contributed by atoms with Crippen LogP contribution in [-0.2, 0) is 6.54 Å². The lowest BCUT2D eigenvalue weighted by molar-refractivity contribution is 0.257. The van der Waals surface area contributed by atoms with Crippen molar-refractivity contribution >= 4 is 0 Å². The van der Waals surface area contributed by atoms with Crippen molar-refractivity contribution in [2.24, 2.45) is 0 Å². The number of hydrogen-bond acceptors (Lipinski definition) is 3. The van der Waals surface area contributed by atoms with Gasteiger partial charge in [-0.1, -0.05) is 75.7 Å². The zero-order valence-corrected chi connectivity index (χ0v) is 22.0. The lowest BCUT2D eigenvalue weighted by Crippen LogP contribution is -2.11. The lowest BCUT2D eigenvalue weighted by atomic mass is 10.1. The fourth-order valence-electron chi connectivity index (χ4n) is 3.95. The van der Waals surface area contributed by atoms with Gasteiger partial charge in [-0.05, 0) is 77.2 Å². The maximum absolute atomic E-state index is 6.18. The van der Waals surface area contributed by atoms with Gasteiger partial charge in [0.15, 0.2) is 11.5 Å². The van der Waals surface area contributed by atoms with Crippen molar-refractivity contribution in [3.8, 4) is 11.5 Å². The summed E-state index contributed by atoms with van der Waals surface area (Å²) in [6.45, 7) is 8.34. The van der Waals surface area contributed by atoms with Crippen molar-refractivity contribution in [2.75, 3.05) is 27.3 Å². The van der Waals surface area contributed by atoms with Gasteiger partial charge in [-0.15, -0.1) is 6.58 Å². The van der Waals surface area contributed by atoms with E-state index in [2.05, 4.69) is 62.8 Å². The van der Waals surface area contributed by atoms with Crippen LogP contribution in [0.25, 0.3) is 0 Å². The molecule has 0 N–H and O–H groups in total. The summed E-state index contributed by atoms with van der Waals surface area (Å²) in [6.07, 6.45) is 24.0. The van der Waals surface area contributed by atoms with Crippen LogP contribution < -0.4 is 9.47 Å². The van der Waals surface area contributed by atoms with Gasteiger partial charge in [-0.3, -0.25) is 0 Å². The van der Waals surface area contributed by atoms with Gasteiger partial charge in [0.25, 0.3) is 0 Å². The molecule has 0 atom stereocenters. The maximum Gasteiger partial charge on any atom is 0.161 e. The molecule has 0 amide bonds. The highest BCUT2D eigenvalue weighted by atomic mass is 16.5. The third kappa shape index (κ3) is 16.5. The second-order valence-electron chi connectivity index (χ2n) is 9.39. The van der Waals surface area contributed by atoms with E-state index >= 15 is 0 Å². The lowest BCUT2D eigenvalue weighted by Gasteiger charge is -2.16. The predicted molar refractivity (Wildman–Crippen MR) is 144 cm³/mol. The maximum atomic E-state index is 6.18. The highest BCUT2D eigenvalue weighted by Gasteiger charge is 2.08. The third-order valence-electron chi connectivity index (χ3n) is 5.83. The van der Waals surface area contributed by atoms with Gasteiger partial charge >= 0.3 is 0 Å². The van der Waals surface area contributed by atoms with E-state index in [0.29, 0.717) is 0 Å². The first-order chi connectivity index (χ1) is 16.2. The fourth-order valence-corrected chi connectivity index (χ4v) is 3.95. The van der Waals surface area contributed by atoms with Gasteiger partial charge in [0.05, 0.1) is 13.2 Å². The number of rotatable bonds is 22. The molecule has 0 spiro atoms. The van der Waals surface area contributed by atoms with Crippen molar-refractivity contribution in [1.29, 1.82) is 0 Å². The highest BCUT2D eigenvalue weighted by molar-refractivity contribution is 5.43. The van der Waals surface area contributed by atoms with Crippen molar-refractivity contribution in [3.05, 3.63) is 48.6 Å². The van der Waals surface area contributed by atoms with Crippen LogP contribution in [0.4, 0.5) is 0 Å². The van der Waals surface area contributed by atoms with Gasteiger partial charge in [0, 0.05) is 6.54 Å². The van der Waals surface area contributed by atoms with Crippen molar-refractivity contribution in [2.45, 2.75) is 103 Å². The Kier molecular flexibility index (Phi) is 18.5. The molecule has 3 nitrogen and oxygen atoms in total. The monoisotopic (exact) mass is 457 g/mol. The molecule has 0 aliphatic rings. The zero-order valence-electron chi connectivity index (χ0n) is 22.0. The second-order valence-corrected chi connectivity index (χ2v) is 9.39. The minimum Gasteiger partial charge on any atom is -0.490 e. The number of allylic oxidation sites excluding steroid dienone is 3. The molecule has 0 unspecified atom stereocenters. The van der Waals surface area contributed by atoms with Crippen LogP contribution in [0.5, 0.6) is 11.5 Å². The van der Waals surface area contributed by atoms with E-state index in [0.717, 1.165) is 50.5 Å². The average Bonchev–Trinajstić information content (AvgIpc) is 2.80. The van der Waals surface area contributed by atoms with E-state index in [-0.39, 0.29) is 0 Å². The van der Waals surface area contributed by atoms with Crippen LogP contribution in [0.15, 0.2) is 43.0 Å². The first-order valence-electron chi connectivity index (χ1n) is 13.4. The van der Waals surface area contributed by atoms with E-state index in [4.69, 9.17) is 9.47 Å². The van der Waals surface area contributed by atoms with Crippen LogP contribution in [0.2, 0.25) is 0 Å². The van der Waals surface area contributed by atoms with E-state index in [9.17, 15) is 0 Å². The SMILES string of the molecule is C=CCCCCCCCCOc1cc(CN(C)C)ccc1OCCCCCCCC/C=C\C. The zero-order chi connectivity index (χ0) is 24.0. The Balaban J connectivity index is 2.33. The molecule has 33 heavy (non-hydrogen) atoms. The number of benzene rings is 1. The number of hydrogen-bond donors (Lipinski definition) is 0. The normalized spacial score (nSPS) is 11.4. The van der Waals surface area contributed by atoms with Crippen LogP contribution >= 0.6 is 0 Å². The quantitative estimate of drug-likeness (QED) is 0.128. The van der Waals surface area contributed by atoms with Crippen LogP contribution in [0.3, 0.4) is 0 Å². The van der Waals surface area contributed by atoms with Gasteiger partial charge in [-0.25, -0.2) is 0 Å². The Morgan fingerprint density at radius 1 is 0.727 bits per heavy atom. The molecule has 0 saturated carbocycles. The molecule has 1 aromatic rings. The molecule has 0 heterocycles. The summed E-state index contributed by atoms with van der Waals surface area (Å²) in [4.78, 5) is 2.19. The van der Waals surface area contributed by atoms with E-state index in [1.165, 1.54) is 76.2 Å². The van der Waals surface area contributed by atoms with Crippen LogP contribution in [-0.4, -0.2) is 32.2 Å². The topological polar surface area (TPSA) is 21.7 Å². The molecule has 1 aromatic carbocycles. The van der Waals surface area contributed by atoms with Gasteiger partial charge < -0.3 is 14.4 Å². The molecule has 0 radical (unpaired) electrons. The fraction of sp³-hybridized carbons (Fsp3) is 0.667. The van der Waals surface area contributed by atoms with Crippen molar-refractivity contribution in [3.63, 3.8) is 0 Å². The van der Waals surface area contributed by atoms with E-state index < -0.39 is 0 Å². The molecular weight excluding hydrogens is 406 g/mol. The van der Waals surface area contributed by atoms with Gasteiger partial charge in [-0.2, -0.15) is 0 Å². The Hall–Kier alpha value is -1.74. The van der Waals surface area contributed by atoms with Gasteiger partial charge in [0.2, 0.25) is 0 Å². The molecule has 0 saturated heterocycles. The van der Waals surface area contributed by atoms with E-state index in [1.807, 2.05) is 6.08 Å². The molecule has 0 aliphatic carbocycles. The number of unbranched alkanes of at least 4 members (excludes halogenated alkanes) is 12. The molecule has 0 bridgehead atoms. The molecule has 0 fully saturated rings. The Bertz CT molecular complexity index is 624.